The van der Waals surface area contributed by atoms with Crippen LogP contribution in [0.3, 0.4) is 0 Å². The van der Waals surface area contributed by atoms with Crippen molar-refractivity contribution in [2.75, 3.05) is 11.9 Å². The van der Waals surface area contributed by atoms with Crippen LogP contribution in [0.5, 0.6) is 5.75 Å². The van der Waals surface area contributed by atoms with Crippen LogP contribution in [-0.2, 0) is 6.98 Å². The summed E-state index contributed by atoms with van der Waals surface area (Å²) in [4.78, 5) is 18.1. The van der Waals surface area contributed by atoms with Gasteiger partial charge < -0.3 is 19.9 Å². The molecule has 2 fully saturated rings. The number of phenols is 1. The first-order chi connectivity index (χ1) is 17.3. The Bertz CT molecular complexity index is 1410. The van der Waals surface area contributed by atoms with Crippen molar-refractivity contribution in [1.29, 1.82) is 0 Å². The molecule has 162 valence electrons. The molecule has 0 saturated carbocycles. The maximum Gasteiger partial charge on any atom is 0.258 e. The SMILES string of the molecule is [2H]C([2H])([2H])N(c1cnc(-c2cc3c(F)cn(C([2H])([2H])[2H])c(=O)c3cc2O)nn1)[C@H]1CC2CC[C@@H](N2)[C@H]1C. The molecule has 2 aliphatic heterocycles. The number of aryl methyl sites for hydroxylation is 1. The molecular formula is C22H25FN6O2. The summed E-state index contributed by atoms with van der Waals surface area (Å²) in [5.41, 5.74) is -1.05. The number of fused-ring (bicyclic) bond motifs is 3. The number of rotatable bonds is 3. The third kappa shape index (κ3) is 3.23. The Morgan fingerprint density at radius 1 is 1.32 bits per heavy atom. The lowest BCUT2D eigenvalue weighted by atomic mass is 9.87. The van der Waals surface area contributed by atoms with E-state index >= 15 is 0 Å². The van der Waals surface area contributed by atoms with Crippen molar-refractivity contribution in [3.63, 3.8) is 0 Å². The fourth-order valence-electron chi connectivity index (χ4n) is 4.75. The van der Waals surface area contributed by atoms with Gasteiger partial charge in [-0.3, -0.25) is 4.79 Å². The molecule has 3 aromatic rings. The van der Waals surface area contributed by atoms with Gasteiger partial charge in [0.05, 0.1) is 17.1 Å². The van der Waals surface area contributed by atoms with E-state index in [4.69, 9.17) is 8.22 Å². The minimum atomic E-state index is -2.90. The van der Waals surface area contributed by atoms with E-state index < -0.39 is 31.1 Å². The second-order valence-corrected chi connectivity index (χ2v) is 8.29. The van der Waals surface area contributed by atoms with E-state index in [1.54, 1.807) is 0 Å². The molecule has 9 heteroatoms. The number of piperidine rings is 1. The molecule has 1 aromatic carbocycles. The Morgan fingerprint density at radius 3 is 2.94 bits per heavy atom. The highest BCUT2D eigenvalue weighted by atomic mass is 19.1. The summed E-state index contributed by atoms with van der Waals surface area (Å²) in [5.74, 6) is -1.50. The van der Waals surface area contributed by atoms with Gasteiger partial charge in [0.2, 0.25) is 0 Å². The molecule has 31 heavy (non-hydrogen) atoms. The lowest BCUT2D eigenvalue weighted by molar-refractivity contribution is 0.263. The van der Waals surface area contributed by atoms with Crippen molar-refractivity contribution < 1.29 is 17.7 Å². The molecular weight excluding hydrogens is 399 g/mol. The Labute approximate surface area is 187 Å². The number of halogens is 1. The van der Waals surface area contributed by atoms with Crippen LogP contribution in [0.2, 0.25) is 0 Å². The molecule has 8 nitrogen and oxygen atoms in total. The maximum absolute atomic E-state index is 14.8. The van der Waals surface area contributed by atoms with Gasteiger partial charge >= 0.3 is 0 Å². The molecule has 2 bridgehead atoms. The lowest BCUT2D eigenvalue weighted by Gasteiger charge is -2.41. The van der Waals surface area contributed by atoms with Crippen LogP contribution in [0.1, 0.15) is 34.4 Å². The molecule has 2 aromatic heterocycles. The van der Waals surface area contributed by atoms with E-state index in [0.29, 0.717) is 12.6 Å². The molecule has 1 unspecified atom stereocenters. The third-order valence-corrected chi connectivity index (χ3v) is 6.50. The minimum absolute atomic E-state index is 0.0482. The van der Waals surface area contributed by atoms with E-state index in [2.05, 4.69) is 20.5 Å². The lowest BCUT2D eigenvalue weighted by Crippen LogP contribution is -2.53. The number of aromatic nitrogens is 4. The summed E-state index contributed by atoms with van der Waals surface area (Å²) >= 11 is 0. The standard InChI is InChI=1S/C22H25FN6O2/c1-11-17-5-4-12(25-17)6-18(11)29(3)20-9-24-21(27-26-20)15-7-13-14(8-19(15)30)22(31)28(2)10-16(13)23/h7-12,17-18,25,30H,4-6H2,1-3H3/t11-,12?,17-,18+/m1/s1/i2D3,3D3. The highest BCUT2D eigenvalue weighted by Crippen LogP contribution is 2.35. The first-order valence-corrected chi connectivity index (χ1v) is 10.1. The van der Waals surface area contributed by atoms with Gasteiger partial charge in [0, 0.05) is 51.9 Å². The van der Waals surface area contributed by atoms with E-state index in [1.165, 1.54) is 11.1 Å². The molecule has 4 heterocycles. The van der Waals surface area contributed by atoms with Crippen molar-refractivity contribution in [1.82, 2.24) is 25.1 Å². The Kier molecular flexibility index (Phi) is 3.30. The molecule has 2 aliphatic rings. The number of benzene rings is 1. The Morgan fingerprint density at radius 2 is 2.19 bits per heavy atom. The van der Waals surface area contributed by atoms with Gasteiger partial charge in [-0.15, -0.1) is 10.2 Å². The summed E-state index contributed by atoms with van der Waals surface area (Å²) in [5, 5.41) is 21.6. The first-order valence-electron chi connectivity index (χ1n) is 13.1. The van der Waals surface area contributed by atoms with Gasteiger partial charge in [0.15, 0.2) is 11.6 Å². The van der Waals surface area contributed by atoms with Crippen LogP contribution < -0.4 is 15.8 Å². The largest absolute Gasteiger partial charge is 0.507 e. The van der Waals surface area contributed by atoms with Crippen molar-refractivity contribution in [2.24, 2.45) is 12.9 Å². The number of hydrogen-bond donors (Lipinski definition) is 2. The molecule has 0 aliphatic carbocycles. The molecule has 4 atom stereocenters. The fraction of sp³-hybridized carbons (Fsp3) is 0.455. The van der Waals surface area contributed by atoms with Gasteiger partial charge in [-0.1, -0.05) is 6.92 Å². The van der Waals surface area contributed by atoms with Gasteiger partial charge in [-0.25, -0.2) is 9.37 Å². The number of anilines is 1. The van der Waals surface area contributed by atoms with Crippen LogP contribution in [0.4, 0.5) is 10.2 Å². The van der Waals surface area contributed by atoms with Crippen LogP contribution >= 0.6 is 0 Å². The van der Waals surface area contributed by atoms with Crippen LogP contribution in [0.15, 0.2) is 29.3 Å². The van der Waals surface area contributed by atoms with Gasteiger partial charge in [0.1, 0.15) is 11.6 Å². The molecule has 0 amide bonds. The summed E-state index contributed by atoms with van der Waals surface area (Å²) in [6.45, 7) is -3.38. The number of aromatic hydroxyl groups is 1. The Balaban J connectivity index is 1.53. The predicted octanol–water partition coefficient (Wildman–Crippen LogP) is 2.20. The fourth-order valence-corrected chi connectivity index (χ4v) is 4.75. The van der Waals surface area contributed by atoms with E-state index in [-0.39, 0.29) is 56.6 Å². The number of hydrogen-bond acceptors (Lipinski definition) is 7. The third-order valence-electron chi connectivity index (χ3n) is 6.50. The van der Waals surface area contributed by atoms with Crippen molar-refractivity contribution in [2.45, 2.75) is 44.3 Å². The highest BCUT2D eigenvalue weighted by Gasteiger charge is 2.41. The van der Waals surface area contributed by atoms with E-state index in [9.17, 15) is 14.3 Å². The molecule has 0 radical (unpaired) electrons. The average Bonchev–Trinajstić information content (AvgIpc) is 3.22. The highest BCUT2D eigenvalue weighted by molar-refractivity contribution is 5.89. The van der Waals surface area contributed by atoms with Crippen LogP contribution in [-0.4, -0.2) is 50.0 Å². The second-order valence-electron chi connectivity index (χ2n) is 8.29. The number of nitrogens with zero attached hydrogens (tertiary/aromatic N) is 5. The number of phenolic OH excluding ortho intramolecular Hbond substituents is 1. The van der Waals surface area contributed by atoms with Crippen LogP contribution in [0, 0.1) is 11.7 Å². The maximum atomic E-state index is 14.8. The van der Waals surface area contributed by atoms with Gasteiger partial charge in [0.25, 0.3) is 5.56 Å². The summed E-state index contributed by atoms with van der Waals surface area (Å²) < 4.78 is 61.7. The van der Waals surface area contributed by atoms with Crippen molar-refractivity contribution in [3.8, 4) is 17.1 Å². The zero-order valence-electron chi connectivity index (χ0n) is 22.7. The topological polar surface area (TPSA) is 96.2 Å². The average molecular weight is 431 g/mol. The number of pyridine rings is 1. The summed E-state index contributed by atoms with van der Waals surface area (Å²) in [6.07, 6.45) is 4.44. The van der Waals surface area contributed by atoms with Crippen LogP contribution in [0.25, 0.3) is 22.2 Å². The smallest absolute Gasteiger partial charge is 0.258 e. The normalized spacial score (nSPS) is 28.8. The second kappa shape index (κ2) is 7.26. The summed E-state index contributed by atoms with van der Waals surface area (Å²) in [6, 6.07) is 2.23. The van der Waals surface area contributed by atoms with Gasteiger partial charge in [-0.2, -0.15) is 0 Å². The molecule has 2 N–H and O–H groups in total. The first kappa shape index (κ1) is 14.1. The quantitative estimate of drug-likeness (QED) is 0.658. The molecule has 2 saturated heterocycles. The monoisotopic (exact) mass is 430 g/mol. The summed E-state index contributed by atoms with van der Waals surface area (Å²) in [7, 11) is 0. The van der Waals surface area contributed by atoms with Gasteiger partial charge in [-0.05, 0) is 37.3 Å². The van der Waals surface area contributed by atoms with Crippen molar-refractivity contribution >= 4 is 16.6 Å². The zero-order valence-corrected chi connectivity index (χ0v) is 16.7. The van der Waals surface area contributed by atoms with Crippen molar-refractivity contribution in [3.05, 3.63) is 40.7 Å². The minimum Gasteiger partial charge on any atom is -0.507 e. The Hall–Kier alpha value is -3.07. The van der Waals surface area contributed by atoms with E-state index in [1.807, 2.05) is 6.92 Å². The zero-order chi connectivity index (χ0) is 26.9. The molecule has 5 rings (SSSR count). The predicted molar refractivity (Wildman–Crippen MR) is 116 cm³/mol. The number of nitrogens with one attached hydrogen (secondary N) is 1. The van der Waals surface area contributed by atoms with E-state index in [0.717, 1.165) is 25.0 Å². The molecule has 0 spiro atoms.